The van der Waals surface area contributed by atoms with Gasteiger partial charge in [-0.1, -0.05) is 30.3 Å². The first kappa shape index (κ1) is 19.7. The zero-order valence-electron chi connectivity index (χ0n) is 16.1. The number of benzene rings is 2. The molecule has 1 amide bonds. The quantitative estimate of drug-likeness (QED) is 0.422. The Kier molecular flexibility index (Phi) is 5.51. The maximum absolute atomic E-state index is 13.0. The van der Waals surface area contributed by atoms with Crippen LogP contribution in [0.15, 0.2) is 42.5 Å². The van der Waals surface area contributed by atoms with Crippen LogP contribution in [0, 0.1) is 10.1 Å². The predicted molar refractivity (Wildman–Crippen MR) is 104 cm³/mol. The summed E-state index contributed by atoms with van der Waals surface area (Å²) >= 11 is 0. The lowest BCUT2D eigenvalue weighted by Gasteiger charge is -2.24. The molecule has 0 spiro atoms. The second-order valence-corrected chi connectivity index (χ2v) is 7.00. The number of carbonyl (C=O) groups excluding carboxylic acids is 2. The minimum atomic E-state index is -1.19. The number of ether oxygens (including phenoxy) is 3. The predicted octanol–water partition coefficient (Wildman–Crippen LogP) is 2.89. The molecule has 2 aliphatic rings. The molecule has 30 heavy (non-hydrogen) atoms. The van der Waals surface area contributed by atoms with E-state index in [1.165, 1.54) is 6.07 Å². The van der Waals surface area contributed by atoms with Crippen LogP contribution in [0.2, 0.25) is 0 Å². The third-order valence-electron chi connectivity index (χ3n) is 5.05. The maximum Gasteiger partial charge on any atom is 0.346 e. The van der Waals surface area contributed by atoms with Gasteiger partial charge in [0.1, 0.15) is 18.8 Å². The molecule has 2 heterocycles. The van der Waals surface area contributed by atoms with Crippen molar-refractivity contribution < 1.29 is 28.7 Å². The second kappa shape index (κ2) is 8.40. The molecule has 156 valence electrons. The van der Waals surface area contributed by atoms with Gasteiger partial charge in [0.05, 0.1) is 11.0 Å². The van der Waals surface area contributed by atoms with Crippen LogP contribution < -0.4 is 9.47 Å². The Balaban J connectivity index is 1.67. The van der Waals surface area contributed by atoms with E-state index < -0.39 is 22.7 Å². The SMILES string of the molecule is O=C(O[C@H](C(=O)N1CCCC1)c1ccccc1)c1cc2c(cc1[N+](=O)[O-])OCCO2. The van der Waals surface area contributed by atoms with Crippen molar-refractivity contribution >= 4 is 17.6 Å². The van der Waals surface area contributed by atoms with Crippen LogP contribution in [0.1, 0.15) is 34.9 Å². The van der Waals surface area contributed by atoms with E-state index in [0.29, 0.717) is 18.7 Å². The lowest BCUT2D eigenvalue weighted by Crippen LogP contribution is -2.35. The van der Waals surface area contributed by atoms with Crippen LogP contribution in [0.25, 0.3) is 0 Å². The van der Waals surface area contributed by atoms with E-state index in [1.807, 2.05) is 0 Å². The molecule has 0 bridgehead atoms. The molecule has 2 aromatic rings. The summed E-state index contributed by atoms with van der Waals surface area (Å²) in [7, 11) is 0. The number of nitro benzene ring substituents is 1. The first-order valence-corrected chi connectivity index (χ1v) is 9.67. The highest BCUT2D eigenvalue weighted by atomic mass is 16.6. The topological polar surface area (TPSA) is 108 Å². The molecule has 0 radical (unpaired) electrons. The van der Waals surface area contributed by atoms with E-state index in [-0.39, 0.29) is 36.2 Å². The molecule has 0 aliphatic carbocycles. The molecule has 1 fully saturated rings. The Bertz CT molecular complexity index is 971. The molecule has 0 N–H and O–H groups in total. The normalized spacial score (nSPS) is 16.1. The van der Waals surface area contributed by atoms with Crippen LogP contribution in [0.3, 0.4) is 0 Å². The van der Waals surface area contributed by atoms with Gasteiger partial charge in [0, 0.05) is 24.7 Å². The fraction of sp³-hybridized carbons (Fsp3) is 0.333. The summed E-state index contributed by atoms with van der Waals surface area (Å²) in [6.45, 7) is 1.70. The summed E-state index contributed by atoms with van der Waals surface area (Å²) in [5, 5.41) is 11.5. The summed E-state index contributed by atoms with van der Waals surface area (Å²) in [6, 6.07) is 11.0. The molecule has 4 rings (SSSR count). The van der Waals surface area contributed by atoms with Gasteiger partial charge in [0.25, 0.3) is 11.6 Å². The second-order valence-electron chi connectivity index (χ2n) is 7.00. The van der Waals surface area contributed by atoms with Crippen molar-refractivity contribution in [2.75, 3.05) is 26.3 Å². The van der Waals surface area contributed by atoms with E-state index in [4.69, 9.17) is 14.2 Å². The minimum Gasteiger partial charge on any atom is -0.486 e. The highest BCUT2D eigenvalue weighted by Gasteiger charge is 2.34. The van der Waals surface area contributed by atoms with Crippen LogP contribution in [0.5, 0.6) is 11.5 Å². The number of fused-ring (bicyclic) bond motifs is 1. The molecule has 1 atom stereocenters. The number of amides is 1. The van der Waals surface area contributed by atoms with Crippen LogP contribution in [-0.4, -0.2) is 48.0 Å². The highest BCUT2D eigenvalue weighted by Crippen LogP contribution is 2.37. The molecule has 2 aliphatic heterocycles. The van der Waals surface area contributed by atoms with Gasteiger partial charge in [-0.15, -0.1) is 0 Å². The number of esters is 1. The van der Waals surface area contributed by atoms with E-state index in [9.17, 15) is 19.7 Å². The Hall–Kier alpha value is -3.62. The smallest absolute Gasteiger partial charge is 0.346 e. The fourth-order valence-electron chi connectivity index (χ4n) is 3.56. The number of nitro groups is 1. The van der Waals surface area contributed by atoms with E-state index in [1.54, 1.807) is 35.2 Å². The van der Waals surface area contributed by atoms with E-state index in [0.717, 1.165) is 18.9 Å². The average Bonchev–Trinajstić information content (AvgIpc) is 3.31. The first-order chi connectivity index (χ1) is 14.5. The molecule has 9 heteroatoms. The van der Waals surface area contributed by atoms with Crippen LogP contribution >= 0.6 is 0 Å². The van der Waals surface area contributed by atoms with Crippen molar-refractivity contribution in [3.05, 3.63) is 63.7 Å². The van der Waals surface area contributed by atoms with Crippen molar-refractivity contribution in [2.24, 2.45) is 0 Å². The van der Waals surface area contributed by atoms with Crippen LogP contribution in [-0.2, 0) is 9.53 Å². The summed E-state index contributed by atoms with van der Waals surface area (Å²) in [6.07, 6.45) is 0.577. The zero-order chi connectivity index (χ0) is 21.1. The monoisotopic (exact) mass is 412 g/mol. The number of likely N-dealkylation sites (tertiary alicyclic amines) is 1. The highest BCUT2D eigenvalue weighted by molar-refractivity contribution is 5.97. The van der Waals surface area contributed by atoms with Crippen LogP contribution in [0.4, 0.5) is 5.69 Å². The van der Waals surface area contributed by atoms with E-state index in [2.05, 4.69) is 0 Å². The third kappa shape index (κ3) is 3.91. The molecule has 2 aromatic carbocycles. The molecular weight excluding hydrogens is 392 g/mol. The first-order valence-electron chi connectivity index (χ1n) is 9.67. The average molecular weight is 412 g/mol. The van der Waals surface area contributed by atoms with Gasteiger partial charge in [-0.05, 0) is 12.8 Å². The van der Waals surface area contributed by atoms with Gasteiger partial charge >= 0.3 is 5.97 Å². The van der Waals surface area contributed by atoms with Gasteiger partial charge in [-0.25, -0.2) is 4.79 Å². The zero-order valence-corrected chi connectivity index (χ0v) is 16.1. The van der Waals surface area contributed by atoms with Crippen molar-refractivity contribution in [2.45, 2.75) is 18.9 Å². The number of rotatable bonds is 5. The number of carbonyl (C=O) groups is 2. The van der Waals surface area contributed by atoms with Gasteiger partial charge in [0.15, 0.2) is 11.5 Å². The Morgan fingerprint density at radius 3 is 2.30 bits per heavy atom. The Morgan fingerprint density at radius 1 is 1.03 bits per heavy atom. The molecule has 0 aromatic heterocycles. The molecular formula is C21H20N2O7. The Labute approximate surface area is 172 Å². The number of nitrogens with zero attached hydrogens (tertiary/aromatic N) is 2. The van der Waals surface area contributed by atoms with Gasteiger partial charge in [-0.3, -0.25) is 14.9 Å². The van der Waals surface area contributed by atoms with Gasteiger partial charge < -0.3 is 19.1 Å². The van der Waals surface area contributed by atoms with Crippen molar-refractivity contribution in [1.82, 2.24) is 4.90 Å². The summed E-state index contributed by atoms with van der Waals surface area (Å²) in [5.41, 5.74) is -0.257. The maximum atomic E-state index is 13.0. The van der Waals surface area contributed by atoms with Crippen molar-refractivity contribution in [3.63, 3.8) is 0 Å². The molecule has 1 saturated heterocycles. The van der Waals surface area contributed by atoms with Gasteiger partial charge in [-0.2, -0.15) is 0 Å². The third-order valence-corrected chi connectivity index (χ3v) is 5.05. The summed E-state index contributed by atoms with van der Waals surface area (Å²) < 4.78 is 16.3. The van der Waals surface area contributed by atoms with Crippen molar-refractivity contribution in [1.29, 1.82) is 0 Å². The van der Waals surface area contributed by atoms with Gasteiger partial charge in [0.2, 0.25) is 6.10 Å². The number of hydrogen-bond donors (Lipinski definition) is 0. The lowest BCUT2D eigenvalue weighted by atomic mass is 10.1. The molecule has 0 unspecified atom stereocenters. The largest absolute Gasteiger partial charge is 0.486 e. The summed E-state index contributed by atoms with van der Waals surface area (Å²) in [5.74, 6) is -0.898. The van der Waals surface area contributed by atoms with E-state index >= 15 is 0 Å². The lowest BCUT2D eigenvalue weighted by molar-refractivity contribution is -0.385. The fourth-order valence-corrected chi connectivity index (χ4v) is 3.56. The Morgan fingerprint density at radius 2 is 1.67 bits per heavy atom. The number of hydrogen-bond acceptors (Lipinski definition) is 7. The van der Waals surface area contributed by atoms with Crippen molar-refractivity contribution in [3.8, 4) is 11.5 Å². The molecule has 9 nitrogen and oxygen atoms in total. The molecule has 0 saturated carbocycles. The summed E-state index contributed by atoms with van der Waals surface area (Å²) in [4.78, 5) is 38.5. The standard InChI is InChI=1S/C21H20N2O7/c24-20(22-8-4-5-9-22)19(14-6-2-1-3-7-14)30-21(25)15-12-17-18(29-11-10-28-17)13-16(15)23(26)27/h1-3,6-7,12-13,19H,4-5,8-11H2/t19-/m0/s1. The minimum absolute atomic E-state index is 0.192.